The number of benzene rings is 2. The Kier molecular flexibility index (Phi) is 4.78. The first-order chi connectivity index (χ1) is 12.0. The highest BCUT2D eigenvalue weighted by Crippen LogP contribution is 2.24. The number of hydrogen-bond acceptors (Lipinski definition) is 6. The topological polar surface area (TPSA) is 86.5 Å². The largest absolute Gasteiger partial charge is 0.324 e. The summed E-state index contributed by atoms with van der Waals surface area (Å²) in [6.45, 7) is 4.02. The number of rotatable bonds is 4. The van der Waals surface area contributed by atoms with Gasteiger partial charge in [-0.15, -0.1) is 0 Å². The molecule has 0 aliphatic carbocycles. The van der Waals surface area contributed by atoms with E-state index in [2.05, 4.69) is 31.7 Å². The Bertz CT molecular complexity index is 927. The van der Waals surface area contributed by atoms with E-state index in [-0.39, 0.29) is 5.28 Å². The van der Waals surface area contributed by atoms with Crippen LogP contribution in [0.1, 0.15) is 16.7 Å². The van der Waals surface area contributed by atoms with Crippen LogP contribution in [0.3, 0.4) is 0 Å². The number of para-hydroxylation sites is 1. The molecule has 0 unspecified atom stereocenters. The average Bonchev–Trinajstić information content (AvgIpc) is 2.58. The number of nitrogens with one attached hydrogen (secondary N) is 2. The molecule has 2 N–H and O–H groups in total. The summed E-state index contributed by atoms with van der Waals surface area (Å²) in [5.41, 5.74) is 4.43. The van der Waals surface area contributed by atoms with Gasteiger partial charge in [0.15, 0.2) is 0 Å². The van der Waals surface area contributed by atoms with Gasteiger partial charge in [-0.1, -0.05) is 18.2 Å². The highest BCUT2D eigenvalue weighted by molar-refractivity contribution is 6.28. The number of aryl methyl sites for hydroxylation is 2. The summed E-state index contributed by atoms with van der Waals surface area (Å²) >= 11 is 6.02. The van der Waals surface area contributed by atoms with Crippen molar-refractivity contribution in [3.05, 3.63) is 64.4 Å². The highest BCUT2D eigenvalue weighted by atomic mass is 35.5. The van der Waals surface area contributed by atoms with E-state index in [1.54, 1.807) is 24.3 Å². The van der Waals surface area contributed by atoms with Crippen LogP contribution in [0.25, 0.3) is 0 Å². The Morgan fingerprint density at radius 2 is 1.48 bits per heavy atom. The molecule has 0 atom stereocenters. The Hall–Kier alpha value is -3.17. The molecule has 0 radical (unpaired) electrons. The molecule has 0 fully saturated rings. The van der Waals surface area contributed by atoms with Gasteiger partial charge < -0.3 is 10.6 Å². The molecule has 0 spiro atoms. The van der Waals surface area contributed by atoms with Gasteiger partial charge in [0.25, 0.3) is 0 Å². The lowest BCUT2D eigenvalue weighted by Crippen LogP contribution is -2.05. The molecule has 124 valence electrons. The Labute approximate surface area is 150 Å². The molecule has 0 saturated heterocycles. The minimum atomic E-state index is 0.0832. The summed E-state index contributed by atoms with van der Waals surface area (Å²) in [6.07, 6.45) is 0. The summed E-state index contributed by atoms with van der Waals surface area (Å²) < 4.78 is 0. The summed E-state index contributed by atoms with van der Waals surface area (Å²) in [7, 11) is 0. The Balaban J connectivity index is 1.86. The van der Waals surface area contributed by atoms with Crippen molar-refractivity contribution in [2.45, 2.75) is 13.8 Å². The zero-order valence-corrected chi connectivity index (χ0v) is 14.5. The second-order valence-corrected chi connectivity index (χ2v) is 5.80. The van der Waals surface area contributed by atoms with Crippen molar-refractivity contribution in [1.82, 2.24) is 15.0 Å². The van der Waals surface area contributed by atoms with Crippen LogP contribution in [-0.4, -0.2) is 15.0 Å². The molecule has 0 aliphatic rings. The van der Waals surface area contributed by atoms with Crippen LogP contribution in [0.5, 0.6) is 0 Å². The standard InChI is InChI=1S/C18H15ClN6/c1-11-4-3-5-12(2)15(11)22-18-24-16(19)23-17(25-18)21-14-8-6-13(10-20)7-9-14/h3-9H,1-2H3,(H2,21,22,23,24,25). The van der Waals surface area contributed by atoms with Gasteiger partial charge in [-0.05, 0) is 60.8 Å². The fourth-order valence-electron chi connectivity index (χ4n) is 2.34. The lowest BCUT2D eigenvalue weighted by molar-refractivity contribution is 1.06. The van der Waals surface area contributed by atoms with Crippen molar-refractivity contribution in [2.24, 2.45) is 0 Å². The second kappa shape index (κ2) is 7.16. The first-order valence-corrected chi connectivity index (χ1v) is 7.95. The van der Waals surface area contributed by atoms with Crippen molar-refractivity contribution < 1.29 is 0 Å². The van der Waals surface area contributed by atoms with Crippen LogP contribution < -0.4 is 10.6 Å². The lowest BCUT2D eigenvalue weighted by atomic mass is 10.1. The van der Waals surface area contributed by atoms with Gasteiger partial charge in [-0.3, -0.25) is 0 Å². The first kappa shape index (κ1) is 16.7. The Morgan fingerprint density at radius 1 is 0.880 bits per heavy atom. The predicted molar refractivity (Wildman–Crippen MR) is 98.5 cm³/mol. The fourth-order valence-corrected chi connectivity index (χ4v) is 2.50. The average molecular weight is 351 g/mol. The van der Waals surface area contributed by atoms with Crippen LogP contribution in [-0.2, 0) is 0 Å². The second-order valence-electron chi connectivity index (χ2n) is 5.46. The van der Waals surface area contributed by atoms with Crippen molar-refractivity contribution in [3.8, 4) is 6.07 Å². The van der Waals surface area contributed by atoms with Gasteiger partial charge in [0.1, 0.15) is 0 Å². The van der Waals surface area contributed by atoms with Crippen LogP contribution in [0, 0.1) is 25.2 Å². The third kappa shape index (κ3) is 4.03. The molecule has 0 amide bonds. The van der Waals surface area contributed by atoms with Gasteiger partial charge >= 0.3 is 0 Å². The summed E-state index contributed by atoms with van der Waals surface area (Å²) in [4.78, 5) is 12.6. The van der Waals surface area contributed by atoms with Crippen LogP contribution >= 0.6 is 11.6 Å². The van der Waals surface area contributed by atoms with Crippen molar-refractivity contribution in [3.63, 3.8) is 0 Å². The van der Waals surface area contributed by atoms with E-state index in [1.807, 2.05) is 32.0 Å². The number of anilines is 4. The maximum absolute atomic E-state index is 8.85. The lowest BCUT2D eigenvalue weighted by Gasteiger charge is -2.12. The summed E-state index contributed by atoms with van der Waals surface area (Å²) in [5.74, 6) is 0.673. The predicted octanol–water partition coefficient (Wildman–Crippen LogP) is 4.50. The van der Waals surface area contributed by atoms with Gasteiger partial charge in [0, 0.05) is 11.4 Å². The molecule has 2 aromatic carbocycles. The molecule has 0 bridgehead atoms. The van der Waals surface area contributed by atoms with E-state index in [0.29, 0.717) is 17.5 Å². The van der Waals surface area contributed by atoms with E-state index in [1.165, 1.54) is 0 Å². The van der Waals surface area contributed by atoms with Gasteiger partial charge in [-0.25, -0.2) is 0 Å². The van der Waals surface area contributed by atoms with E-state index < -0.39 is 0 Å². The zero-order chi connectivity index (χ0) is 17.8. The van der Waals surface area contributed by atoms with Crippen LogP contribution in [0.4, 0.5) is 23.3 Å². The molecule has 25 heavy (non-hydrogen) atoms. The van der Waals surface area contributed by atoms with Gasteiger partial charge in [0.2, 0.25) is 17.2 Å². The molecule has 0 aliphatic heterocycles. The molecule has 6 nitrogen and oxygen atoms in total. The molecule has 7 heteroatoms. The summed E-state index contributed by atoms with van der Waals surface area (Å²) in [6, 6.07) is 15.0. The third-order valence-corrected chi connectivity index (χ3v) is 3.77. The van der Waals surface area contributed by atoms with Gasteiger partial charge in [-0.2, -0.15) is 20.2 Å². The molecular formula is C18H15ClN6. The van der Waals surface area contributed by atoms with E-state index in [9.17, 15) is 0 Å². The minimum Gasteiger partial charge on any atom is -0.324 e. The monoisotopic (exact) mass is 350 g/mol. The minimum absolute atomic E-state index is 0.0832. The maximum Gasteiger partial charge on any atom is 0.233 e. The van der Waals surface area contributed by atoms with Crippen LogP contribution in [0.2, 0.25) is 5.28 Å². The summed E-state index contributed by atoms with van der Waals surface area (Å²) in [5, 5.41) is 15.2. The smallest absolute Gasteiger partial charge is 0.233 e. The molecule has 1 aromatic heterocycles. The van der Waals surface area contributed by atoms with Crippen molar-refractivity contribution >= 4 is 34.9 Å². The third-order valence-electron chi connectivity index (χ3n) is 3.60. The van der Waals surface area contributed by atoms with Gasteiger partial charge in [0.05, 0.1) is 11.6 Å². The molecular weight excluding hydrogens is 336 g/mol. The van der Waals surface area contributed by atoms with E-state index in [0.717, 1.165) is 22.5 Å². The number of halogens is 1. The van der Waals surface area contributed by atoms with E-state index in [4.69, 9.17) is 16.9 Å². The van der Waals surface area contributed by atoms with Crippen molar-refractivity contribution in [2.75, 3.05) is 10.6 Å². The number of aromatic nitrogens is 3. The quantitative estimate of drug-likeness (QED) is 0.720. The number of nitriles is 1. The zero-order valence-electron chi connectivity index (χ0n) is 13.7. The number of hydrogen-bond donors (Lipinski definition) is 2. The first-order valence-electron chi connectivity index (χ1n) is 7.57. The van der Waals surface area contributed by atoms with Crippen molar-refractivity contribution in [1.29, 1.82) is 5.26 Å². The molecule has 3 aromatic rings. The van der Waals surface area contributed by atoms with Crippen LogP contribution in [0.15, 0.2) is 42.5 Å². The Morgan fingerprint density at radius 3 is 2.08 bits per heavy atom. The highest BCUT2D eigenvalue weighted by Gasteiger charge is 2.09. The molecule has 1 heterocycles. The maximum atomic E-state index is 8.85. The normalized spacial score (nSPS) is 10.2. The molecule has 3 rings (SSSR count). The molecule has 0 saturated carbocycles. The fraction of sp³-hybridized carbons (Fsp3) is 0.111. The van der Waals surface area contributed by atoms with E-state index >= 15 is 0 Å². The number of nitrogens with zero attached hydrogens (tertiary/aromatic N) is 4. The SMILES string of the molecule is Cc1cccc(C)c1Nc1nc(Cl)nc(Nc2ccc(C#N)cc2)n1.